The molecule has 1 fully saturated rings. The summed E-state index contributed by atoms with van der Waals surface area (Å²) in [6, 6.07) is 6.58. The molecule has 0 aliphatic heterocycles. The highest BCUT2D eigenvalue weighted by molar-refractivity contribution is 7.90. The number of nitrogens with one attached hydrogen (secondary N) is 2. The number of rotatable bonds is 7. The Morgan fingerprint density at radius 3 is 2.29 bits per heavy atom. The number of nitrogens with zero attached hydrogens (tertiary/aromatic N) is 1. The quantitative estimate of drug-likeness (QED) is 0.581. The monoisotopic (exact) mass is 351 g/mol. The molecule has 0 unspecified atom stereocenters. The van der Waals surface area contributed by atoms with Gasteiger partial charge in [0.05, 0.1) is 5.75 Å². The first-order valence-electron chi connectivity index (χ1n) is 8.41. The van der Waals surface area contributed by atoms with Gasteiger partial charge in [0, 0.05) is 31.8 Å². The van der Waals surface area contributed by atoms with E-state index in [0.29, 0.717) is 6.54 Å². The van der Waals surface area contributed by atoms with Crippen LogP contribution in [0.15, 0.2) is 23.2 Å². The molecule has 0 aromatic heterocycles. The third-order valence-electron chi connectivity index (χ3n) is 4.37. The van der Waals surface area contributed by atoms with Crippen LogP contribution in [0.3, 0.4) is 0 Å². The van der Waals surface area contributed by atoms with Gasteiger partial charge in [-0.2, -0.15) is 0 Å². The Balaban J connectivity index is 1.79. The summed E-state index contributed by atoms with van der Waals surface area (Å²) in [4.78, 5) is 4.23. The molecule has 1 aromatic carbocycles. The minimum Gasteiger partial charge on any atom is -0.356 e. The molecule has 134 valence electrons. The van der Waals surface area contributed by atoms with Crippen LogP contribution in [0.1, 0.15) is 29.5 Å². The van der Waals surface area contributed by atoms with Gasteiger partial charge in [-0.05, 0) is 38.7 Å². The van der Waals surface area contributed by atoms with Crippen LogP contribution in [0.4, 0.5) is 0 Å². The lowest BCUT2D eigenvalue weighted by molar-refractivity contribution is 0.529. The van der Waals surface area contributed by atoms with E-state index in [4.69, 9.17) is 0 Å². The van der Waals surface area contributed by atoms with Gasteiger partial charge in [-0.3, -0.25) is 4.99 Å². The van der Waals surface area contributed by atoms with Crippen LogP contribution in [-0.2, 0) is 16.3 Å². The van der Waals surface area contributed by atoms with Gasteiger partial charge in [-0.25, -0.2) is 8.42 Å². The van der Waals surface area contributed by atoms with Gasteiger partial charge in [0.25, 0.3) is 0 Å². The van der Waals surface area contributed by atoms with Gasteiger partial charge in [-0.1, -0.05) is 29.3 Å². The molecular weight excluding hydrogens is 322 g/mol. The van der Waals surface area contributed by atoms with Crippen LogP contribution in [0.25, 0.3) is 0 Å². The van der Waals surface area contributed by atoms with Gasteiger partial charge in [0.2, 0.25) is 0 Å². The summed E-state index contributed by atoms with van der Waals surface area (Å²) in [5, 5.41) is 6.59. The molecule has 0 heterocycles. The number of hydrogen-bond donors (Lipinski definition) is 2. The van der Waals surface area contributed by atoms with Gasteiger partial charge in [-0.15, -0.1) is 0 Å². The Bertz CT molecular complexity index is 687. The maximum Gasteiger partial charge on any atom is 0.191 e. The van der Waals surface area contributed by atoms with Crippen molar-refractivity contribution in [3.8, 4) is 0 Å². The lowest BCUT2D eigenvalue weighted by atomic mass is 10.1. The summed E-state index contributed by atoms with van der Waals surface area (Å²) in [7, 11) is -1.20. The van der Waals surface area contributed by atoms with Crippen molar-refractivity contribution in [2.24, 2.45) is 10.4 Å². The third kappa shape index (κ3) is 6.15. The maximum atomic E-state index is 11.5. The minimum atomic E-state index is -2.94. The second-order valence-electron chi connectivity index (χ2n) is 7.17. The Kier molecular flexibility index (Phi) is 5.91. The van der Waals surface area contributed by atoms with Gasteiger partial charge >= 0.3 is 0 Å². The number of sulfone groups is 1. The second-order valence-corrected chi connectivity index (χ2v) is 9.31. The van der Waals surface area contributed by atoms with Crippen LogP contribution in [0.5, 0.6) is 0 Å². The van der Waals surface area contributed by atoms with E-state index in [9.17, 15) is 8.42 Å². The van der Waals surface area contributed by atoms with Crippen molar-refractivity contribution in [2.75, 3.05) is 32.1 Å². The minimum absolute atomic E-state index is 0.0984. The lowest BCUT2D eigenvalue weighted by Gasteiger charge is -2.18. The molecule has 0 spiro atoms. The van der Waals surface area contributed by atoms with E-state index in [1.807, 2.05) is 0 Å². The summed E-state index contributed by atoms with van der Waals surface area (Å²) in [5.74, 6) is 0.992. The molecule has 1 aliphatic carbocycles. The number of aryl methyl sites for hydroxylation is 2. The first-order valence-corrected chi connectivity index (χ1v) is 10.5. The molecule has 1 aromatic rings. The smallest absolute Gasteiger partial charge is 0.191 e. The van der Waals surface area contributed by atoms with Crippen molar-refractivity contribution in [3.63, 3.8) is 0 Å². The molecule has 1 aliphatic rings. The number of guanidine groups is 1. The molecule has 2 N–H and O–H groups in total. The molecule has 0 bridgehead atoms. The Morgan fingerprint density at radius 1 is 1.17 bits per heavy atom. The molecule has 0 radical (unpaired) electrons. The van der Waals surface area contributed by atoms with Gasteiger partial charge in [0.15, 0.2) is 5.96 Å². The fraction of sp³-hybridized carbons (Fsp3) is 0.611. The van der Waals surface area contributed by atoms with E-state index < -0.39 is 9.84 Å². The molecule has 2 rings (SSSR count). The van der Waals surface area contributed by atoms with E-state index in [1.165, 1.54) is 22.9 Å². The lowest BCUT2D eigenvalue weighted by Crippen LogP contribution is -2.42. The molecular formula is C18H29N3O2S. The fourth-order valence-electron chi connectivity index (χ4n) is 3.14. The zero-order chi connectivity index (χ0) is 17.8. The molecule has 24 heavy (non-hydrogen) atoms. The van der Waals surface area contributed by atoms with E-state index in [-0.39, 0.29) is 11.2 Å². The molecule has 0 amide bonds. The highest BCUT2D eigenvalue weighted by Crippen LogP contribution is 2.45. The number of hydrogen-bond acceptors (Lipinski definition) is 3. The topological polar surface area (TPSA) is 70.6 Å². The zero-order valence-electron chi connectivity index (χ0n) is 15.1. The van der Waals surface area contributed by atoms with Crippen molar-refractivity contribution < 1.29 is 8.42 Å². The molecule has 0 saturated heterocycles. The van der Waals surface area contributed by atoms with Crippen LogP contribution in [0, 0.1) is 19.3 Å². The standard InChI is InChI=1S/C18H29N3O2S/c1-14-9-15(2)11-16(10-14)5-8-20-17(19-3)21-12-18(6-7-18)13-24(4,22)23/h9-11H,5-8,12-13H2,1-4H3,(H2,19,20,21). The number of aliphatic imine (C=N–C) groups is 1. The van der Waals surface area contributed by atoms with Crippen molar-refractivity contribution in [2.45, 2.75) is 33.1 Å². The molecule has 5 nitrogen and oxygen atoms in total. The first kappa shape index (κ1) is 18.8. The van der Waals surface area contributed by atoms with Gasteiger partial charge in [0.1, 0.15) is 9.84 Å². The normalized spacial score (nSPS) is 16.8. The van der Waals surface area contributed by atoms with E-state index in [2.05, 4.69) is 47.7 Å². The largest absolute Gasteiger partial charge is 0.356 e. The summed E-state index contributed by atoms with van der Waals surface area (Å²) < 4.78 is 23.0. The van der Waals surface area contributed by atoms with E-state index in [1.54, 1.807) is 7.05 Å². The highest BCUT2D eigenvalue weighted by atomic mass is 32.2. The SMILES string of the molecule is CN=C(NCCc1cc(C)cc(C)c1)NCC1(CS(C)(=O)=O)CC1. The molecule has 6 heteroatoms. The average Bonchev–Trinajstić information content (AvgIpc) is 3.19. The average molecular weight is 352 g/mol. The van der Waals surface area contributed by atoms with E-state index >= 15 is 0 Å². The zero-order valence-corrected chi connectivity index (χ0v) is 16.0. The second kappa shape index (κ2) is 7.55. The van der Waals surface area contributed by atoms with Crippen LogP contribution >= 0.6 is 0 Å². The maximum absolute atomic E-state index is 11.5. The Morgan fingerprint density at radius 2 is 1.79 bits per heavy atom. The van der Waals surface area contributed by atoms with Crippen LogP contribution in [-0.4, -0.2) is 46.5 Å². The van der Waals surface area contributed by atoms with E-state index in [0.717, 1.165) is 31.8 Å². The first-order chi connectivity index (χ1) is 11.2. The fourth-order valence-corrected chi connectivity index (χ4v) is 4.64. The van der Waals surface area contributed by atoms with Crippen LogP contribution in [0.2, 0.25) is 0 Å². The van der Waals surface area contributed by atoms with Gasteiger partial charge < -0.3 is 10.6 Å². The summed E-state index contributed by atoms with van der Waals surface area (Å²) in [6.45, 7) is 5.67. The third-order valence-corrected chi connectivity index (χ3v) is 5.50. The Hall–Kier alpha value is -1.56. The van der Waals surface area contributed by atoms with Crippen molar-refractivity contribution in [1.82, 2.24) is 10.6 Å². The summed E-state index contributed by atoms with van der Waals surface area (Å²) >= 11 is 0. The number of benzene rings is 1. The van der Waals surface area contributed by atoms with Crippen molar-refractivity contribution >= 4 is 15.8 Å². The summed E-state index contributed by atoms with van der Waals surface area (Å²) in [6.07, 6.45) is 4.17. The van der Waals surface area contributed by atoms with Crippen molar-refractivity contribution in [1.29, 1.82) is 0 Å². The van der Waals surface area contributed by atoms with Crippen LogP contribution < -0.4 is 10.6 Å². The highest BCUT2D eigenvalue weighted by Gasteiger charge is 2.45. The predicted molar refractivity (Wildman–Crippen MR) is 100 cm³/mol. The predicted octanol–water partition coefficient (Wildman–Crippen LogP) is 1.84. The van der Waals surface area contributed by atoms with Crippen molar-refractivity contribution in [3.05, 3.63) is 34.9 Å². The Labute approximate surface area is 145 Å². The molecule has 0 atom stereocenters. The molecule has 1 saturated carbocycles. The summed E-state index contributed by atoms with van der Waals surface area (Å²) in [5.41, 5.74) is 3.78.